The minimum Gasteiger partial charge on any atom is -0.376 e. The molecule has 0 N–H and O–H groups in total. The van der Waals surface area contributed by atoms with Gasteiger partial charge >= 0.3 is 0 Å². The van der Waals surface area contributed by atoms with Crippen molar-refractivity contribution in [3.05, 3.63) is 0 Å². The lowest BCUT2D eigenvalue weighted by Gasteiger charge is -2.07. The maximum Gasteiger partial charge on any atom is 0.104 e. The van der Waals surface area contributed by atoms with E-state index in [0.717, 1.165) is 0 Å². The molecule has 40 valence electrons. The first kappa shape index (κ1) is 6.98. The second kappa shape index (κ2) is 4.15. The van der Waals surface area contributed by atoms with Gasteiger partial charge in [-0.3, -0.25) is 4.90 Å². The molecular weight excluding hydrogens is 88.9 g/mol. The van der Waals surface area contributed by atoms with E-state index in [1.54, 1.807) is 0 Å². The van der Waals surface area contributed by atoms with E-state index < -0.39 is 0 Å². The number of hydrogen-bond acceptors (Lipinski definition) is 2. The van der Waals surface area contributed by atoms with E-state index >= 15 is 0 Å². The van der Waals surface area contributed by atoms with Crippen molar-refractivity contribution in [3.63, 3.8) is 0 Å². The second-order valence-corrected chi connectivity index (χ2v) is 1.58. The maximum atomic E-state index is 5.03. The van der Waals surface area contributed by atoms with E-state index in [1.807, 2.05) is 19.0 Å². The van der Waals surface area contributed by atoms with Crippen LogP contribution in [0.3, 0.4) is 0 Å². The van der Waals surface area contributed by atoms with Crippen LogP contribution in [0.25, 0.3) is 0 Å². The first-order valence-electron chi connectivity index (χ1n) is 2.20. The largest absolute Gasteiger partial charge is 0.376 e. The topological polar surface area (TPSA) is 12.5 Å². The SMILES string of the molecule is [B]COCN(C)C. The zero-order chi connectivity index (χ0) is 5.70. The monoisotopic (exact) mass is 99.1 g/mol. The van der Waals surface area contributed by atoms with Crippen molar-refractivity contribution in [1.29, 1.82) is 0 Å². The lowest BCUT2D eigenvalue weighted by Crippen LogP contribution is -2.16. The van der Waals surface area contributed by atoms with Gasteiger partial charge < -0.3 is 4.74 Å². The minimum absolute atomic E-state index is 0.304. The highest BCUT2D eigenvalue weighted by atomic mass is 16.5. The molecule has 0 bridgehead atoms. The van der Waals surface area contributed by atoms with Crippen LogP contribution < -0.4 is 0 Å². The summed E-state index contributed by atoms with van der Waals surface area (Å²) < 4.78 is 4.80. The molecule has 0 aromatic rings. The van der Waals surface area contributed by atoms with E-state index in [9.17, 15) is 0 Å². The van der Waals surface area contributed by atoms with Gasteiger partial charge in [-0.25, -0.2) is 0 Å². The van der Waals surface area contributed by atoms with Gasteiger partial charge in [0.15, 0.2) is 0 Å². The van der Waals surface area contributed by atoms with Crippen LogP contribution in [0.4, 0.5) is 0 Å². The molecule has 0 heterocycles. The van der Waals surface area contributed by atoms with Crippen molar-refractivity contribution >= 4 is 7.85 Å². The molecular formula is C4H10BNO. The van der Waals surface area contributed by atoms with Gasteiger partial charge in [0.25, 0.3) is 0 Å². The van der Waals surface area contributed by atoms with Crippen LogP contribution in [0.15, 0.2) is 0 Å². The highest BCUT2D eigenvalue weighted by Crippen LogP contribution is 1.72. The molecule has 3 heteroatoms. The molecule has 0 saturated heterocycles. The molecule has 0 aromatic heterocycles. The molecule has 0 saturated carbocycles. The van der Waals surface area contributed by atoms with E-state index in [0.29, 0.717) is 13.2 Å². The van der Waals surface area contributed by atoms with Crippen LogP contribution >= 0.6 is 0 Å². The Hall–Kier alpha value is -0.0151. The summed E-state index contributed by atoms with van der Waals surface area (Å²) in [5.74, 6) is 0. The Morgan fingerprint density at radius 3 is 2.29 bits per heavy atom. The molecule has 0 amide bonds. The van der Waals surface area contributed by atoms with Gasteiger partial charge in [0.1, 0.15) is 7.85 Å². The van der Waals surface area contributed by atoms with Crippen molar-refractivity contribution in [2.45, 2.75) is 0 Å². The summed E-state index contributed by atoms with van der Waals surface area (Å²) in [6, 6.07) is 0. The Balaban J connectivity index is 2.68. The molecule has 0 aromatic carbocycles. The minimum atomic E-state index is 0.304. The predicted octanol–water partition coefficient (Wildman–Crippen LogP) is -0.352. The smallest absolute Gasteiger partial charge is 0.104 e. The molecule has 0 aliphatic heterocycles. The summed E-state index contributed by atoms with van der Waals surface area (Å²) in [7, 11) is 8.88. The van der Waals surface area contributed by atoms with Crippen LogP contribution in [0, 0.1) is 0 Å². The first-order valence-corrected chi connectivity index (χ1v) is 2.20. The fourth-order valence-electron chi connectivity index (χ4n) is 0.235. The van der Waals surface area contributed by atoms with Gasteiger partial charge in [0.2, 0.25) is 0 Å². The normalized spacial score (nSPS) is 10.1. The highest BCUT2D eigenvalue weighted by molar-refractivity contribution is 6.08. The number of rotatable bonds is 3. The quantitative estimate of drug-likeness (QED) is 0.354. The van der Waals surface area contributed by atoms with Crippen LogP contribution in [0.2, 0.25) is 0 Å². The third kappa shape index (κ3) is 5.98. The average molecular weight is 98.9 g/mol. The third-order valence-electron chi connectivity index (χ3n) is 0.467. The average Bonchev–Trinajstić information content (AvgIpc) is 1.61. The summed E-state index contributed by atoms with van der Waals surface area (Å²) in [5, 5.41) is 0. The van der Waals surface area contributed by atoms with Gasteiger partial charge in [-0.05, 0) is 14.1 Å². The fourth-order valence-corrected chi connectivity index (χ4v) is 0.235. The number of nitrogens with zero attached hydrogens (tertiary/aromatic N) is 1. The first-order chi connectivity index (χ1) is 3.27. The van der Waals surface area contributed by atoms with Crippen LogP contribution in [-0.2, 0) is 4.74 Å². The molecule has 2 nitrogen and oxygen atoms in total. The van der Waals surface area contributed by atoms with E-state index in [1.165, 1.54) is 0 Å². The third-order valence-corrected chi connectivity index (χ3v) is 0.467. The Kier molecular flexibility index (Phi) is 4.14. The van der Waals surface area contributed by atoms with Crippen molar-refractivity contribution in [2.24, 2.45) is 0 Å². The van der Waals surface area contributed by atoms with Gasteiger partial charge in [-0.15, -0.1) is 0 Å². The number of hydrogen-bond donors (Lipinski definition) is 0. The van der Waals surface area contributed by atoms with Crippen molar-refractivity contribution < 1.29 is 4.74 Å². The molecule has 0 atom stereocenters. The molecule has 7 heavy (non-hydrogen) atoms. The molecule has 0 rings (SSSR count). The van der Waals surface area contributed by atoms with Gasteiger partial charge in [0.05, 0.1) is 6.73 Å². The standard InChI is InChI=1S/C4H10BNO/c1-6(2)4-7-3-5/h3-4H2,1-2H3. The fraction of sp³-hybridized carbons (Fsp3) is 1.00. The molecule has 0 unspecified atom stereocenters. The van der Waals surface area contributed by atoms with E-state index in [2.05, 4.69) is 0 Å². The van der Waals surface area contributed by atoms with Crippen molar-refractivity contribution in [2.75, 3.05) is 27.3 Å². The summed E-state index contributed by atoms with van der Waals surface area (Å²) in [6.45, 7) is 0.911. The highest BCUT2D eigenvalue weighted by Gasteiger charge is 1.82. The molecule has 0 aliphatic rings. The van der Waals surface area contributed by atoms with Gasteiger partial charge in [-0.1, -0.05) is 0 Å². The predicted molar refractivity (Wildman–Crippen MR) is 30.3 cm³/mol. The van der Waals surface area contributed by atoms with Crippen LogP contribution in [0.1, 0.15) is 0 Å². The Morgan fingerprint density at radius 1 is 1.57 bits per heavy atom. The van der Waals surface area contributed by atoms with Crippen molar-refractivity contribution in [1.82, 2.24) is 4.90 Å². The molecule has 2 radical (unpaired) electrons. The van der Waals surface area contributed by atoms with E-state index in [-0.39, 0.29) is 0 Å². The Morgan fingerprint density at radius 2 is 2.14 bits per heavy atom. The lowest BCUT2D eigenvalue weighted by atomic mass is 10.2. The van der Waals surface area contributed by atoms with Crippen LogP contribution in [0.5, 0.6) is 0 Å². The molecule has 0 spiro atoms. The second-order valence-electron chi connectivity index (χ2n) is 1.58. The van der Waals surface area contributed by atoms with Gasteiger partial charge in [0, 0.05) is 6.51 Å². The number of ether oxygens (including phenoxy) is 1. The Bertz CT molecular complexity index is 40.7. The maximum absolute atomic E-state index is 5.03. The summed E-state index contributed by atoms with van der Waals surface area (Å²) >= 11 is 0. The zero-order valence-electron chi connectivity index (χ0n) is 4.85. The molecule has 0 fully saturated rings. The van der Waals surface area contributed by atoms with Crippen molar-refractivity contribution in [3.8, 4) is 0 Å². The molecule has 0 aliphatic carbocycles. The summed E-state index contributed by atoms with van der Waals surface area (Å²) in [4.78, 5) is 1.91. The van der Waals surface area contributed by atoms with E-state index in [4.69, 9.17) is 12.6 Å². The Labute approximate surface area is 45.9 Å². The summed E-state index contributed by atoms with van der Waals surface area (Å²) in [6.07, 6.45) is 0. The van der Waals surface area contributed by atoms with Crippen LogP contribution in [-0.4, -0.2) is 40.1 Å². The zero-order valence-corrected chi connectivity index (χ0v) is 4.85. The van der Waals surface area contributed by atoms with Gasteiger partial charge in [-0.2, -0.15) is 0 Å². The summed E-state index contributed by atoms with van der Waals surface area (Å²) in [5.41, 5.74) is 0. The lowest BCUT2D eigenvalue weighted by molar-refractivity contribution is 0.0860.